The zero-order chi connectivity index (χ0) is 18.0. The van der Waals surface area contributed by atoms with Crippen molar-refractivity contribution in [2.75, 3.05) is 0 Å². The molecule has 0 aromatic carbocycles. The molecule has 9 atom stereocenters. The first-order chi connectivity index (χ1) is 11.8. The summed E-state index contributed by atoms with van der Waals surface area (Å²) in [5.74, 6) is 4.99. The number of hydrogen-bond acceptors (Lipinski definition) is 1. The van der Waals surface area contributed by atoms with Gasteiger partial charge in [-0.15, -0.1) is 0 Å². The van der Waals surface area contributed by atoms with Gasteiger partial charge in [0, 0.05) is 0 Å². The molecule has 0 radical (unpaired) electrons. The third kappa shape index (κ3) is 2.43. The van der Waals surface area contributed by atoms with Crippen LogP contribution < -0.4 is 0 Å². The van der Waals surface area contributed by atoms with Gasteiger partial charge in [-0.3, -0.25) is 0 Å². The van der Waals surface area contributed by atoms with Crippen LogP contribution in [0.5, 0.6) is 0 Å². The lowest BCUT2D eigenvalue weighted by Crippen LogP contribution is -2.54. The summed E-state index contributed by atoms with van der Waals surface area (Å²) < 4.78 is 0. The van der Waals surface area contributed by atoms with Crippen LogP contribution in [-0.4, -0.2) is 11.2 Å². The van der Waals surface area contributed by atoms with E-state index >= 15 is 0 Å². The number of aliphatic hydroxyl groups is 1. The van der Waals surface area contributed by atoms with Gasteiger partial charge in [0.2, 0.25) is 0 Å². The van der Waals surface area contributed by atoms with E-state index in [1.165, 1.54) is 63.4 Å². The third-order valence-electron chi connectivity index (χ3n) is 9.88. The minimum absolute atomic E-state index is 0.180. The van der Waals surface area contributed by atoms with Crippen LogP contribution in [-0.2, 0) is 0 Å². The minimum Gasteiger partial charge on any atom is -0.393 e. The van der Waals surface area contributed by atoms with Crippen LogP contribution in [0.2, 0.25) is 0 Å². The predicted molar refractivity (Wildman–Crippen MR) is 105 cm³/mol. The highest BCUT2D eigenvalue weighted by Gasteiger charge is 2.62. The Bertz CT molecular complexity index is 536. The number of allylic oxidation sites excluding steroid dienone is 1. The Morgan fingerprint density at radius 2 is 1.80 bits per heavy atom. The summed E-state index contributed by atoms with van der Waals surface area (Å²) in [6, 6.07) is 0. The Kier molecular flexibility index (Phi) is 4.42. The number of fused-ring (bicyclic) bond motifs is 5. The molecule has 0 saturated heterocycles. The molecule has 1 heteroatoms. The Balaban J connectivity index is 1.66. The molecule has 0 heterocycles. The minimum atomic E-state index is -0.180. The molecule has 25 heavy (non-hydrogen) atoms. The van der Waals surface area contributed by atoms with Crippen molar-refractivity contribution in [3.05, 3.63) is 12.2 Å². The fourth-order valence-electron chi connectivity index (χ4n) is 8.71. The van der Waals surface area contributed by atoms with Crippen LogP contribution in [0.3, 0.4) is 0 Å². The Morgan fingerprint density at radius 1 is 1.04 bits per heavy atom. The normalized spacial score (nSPS) is 53.5. The maximum atomic E-state index is 10.5. The highest BCUT2D eigenvalue weighted by atomic mass is 16.3. The first-order valence-electron chi connectivity index (χ1n) is 11.1. The van der Waals surface area contributed by atoms with Crippen molar-refractivity contribution in [1.82, 2.24) is 0 Å². The zero-order valence-electron chi connectivity index (χ0n) is 17.1. The second kappa shape index (κ2) is 6.11. The van der Waals surface area contributed by atoms with E-state index in [1.54, 1.807) is 0 Å². The predicted octanol–water partition coefficient (Wildman–Crippen LogP) is 6.22. The maximum Gasteiger partial charge on any atom is 0.0548 e. The molecule has 4 fully saturated rings. The molecule has 142 valence electrons. The van der Waals surface area contributed by atoms with Crippen molar-refractivity contribution in [3.63, 3.8) is 0 Å². The zero-order valence-corrected chi connectivity index (χ0v) is 17.1. The van der Waals surface area contributed by atoms with Gasteiger partial charge in [-0.05, 0) is 112 Å². The maximum absolute atomic E-state index is 10.5. The van der Waals surface area contributed by atoms with E-state index in [2.05, 4.69) is 27.4 Å². The van der Waals surface area contributed by atoms with E-state index in [9.17, 15) is 5.11 Å². The van der Waals surface area contributed by atoms with Crippen molar-refractivity contribution in [3.8, 4) is 0 Å². The smallest absolute Gasteiger partial charge is 0.0548 e. The molecule has 0 spiro atoms. The van der Waals surface area contributed by atoms with E-state index in [0.29, 0.717) is 11.3 Å². The molecule has 0 aromatic heterocycles. The molecular formula is C24H40O. The average Bonchev–Trinajstić information content (AvgIpc) is 2.96. The monoisotopic (exact) mass is 344 g/mol. The third-order valence-corrected chi connectivity index (χ3v) is 9.88. The number of aliphatic hydroxyl groups excluding tert-OH is 1. The van der Waals surface area contributed by atoms with Crippen molar-refractivity contribution < 1.29 is 5.11 Å². The van der Waals surface area contributed by atoms with E-state index in [4.69, 9.17) is 0 Å². The van der Waals surface area contributed by atoms with Gasteiger partial charge in [0.1, 0.15) is 0 Å². The largest absolute Gasteiger partial charge is 0.393 e. The van der Waals surface area contributed by atoms with Crippen LogP contribution in [0.4, 0.5) is 0 Å². The summed E-state index contributed by atoms with van der Waals surface area (Å²) in [5.41, 5.74) is 2.21. The van der Waals surface area contributed by atoms with Crippen LogP contribution in [0.1, 0.15) is 85.5 Å². The SMILES string of the molecule is C=C(C)[C@]12CC[C@H]3[C@@H](CC[C@H]4C[C@H](C)CC[C@@]43C)[C@@H]1CC[C@@H]2[C@@H](C)O. The van der Waals surface area contributed by atoms with Crippen LogP contribution >= 0.6 is 0 Å². The van der Waals surface area contributed by atoms with Gasteiger partial charge in [0.05, 0.1) is 6.10 Å². The van der Waals surface area contributed by atoms with Gasteiger partial charge in [-0.1, -0.05) is 32.4 Å². The highest BCUT2D eigenvalue weighted by molar-refractivity contribution is 5.21. The fraction of sp³-hybridized carbons (Fsp3) is 0.917. The Labute approximate surface area is 155 Å². The molecule has 0 aromatic rings. The first-order valence-corrected chi connectivity index (χ1v) is 11.1. The molecule has 4 aliphatic rings. The molecule has 4 saturated carbocycles. The number of rotatable bonds is 2. The number of hydrogen-bond donors (Lipinski definition) is 1. The second-order valence-electron chi connectivity index (χ2n) is 10.8. The van der Waals surface area contributed by atoms with Crippen molar-refractivity contribution >= 4 is 0 Å². The summed E-state index contributed by atoms with van der Waals surface area (Å²) in [6.45, 7) is 13.9. The van der Waals surface area contributed by atoms with Crippen LogP contribution in [0, 0.1) is 46.3 Å². The van der Waals surface area contributed by atoms with Crippen molar-refractivity contribution in [1.29, 1.82) is 0 Å². The summed E-state index contributed by atoms with van der Waals surface area (Å²) in [6.07, 6.45) is 12.4. The topological polar surface area (TPSA) is 20.2 Å². The standard InChI is InChI=1S/C24H40O/c1-15(2)24-13-11-21-19(22(24)9-8-20(24)17(4)25)7-6-18-14-16(3)10-12-23(18,21)5/h16-22,25H,1,6-14H2,2-5H3/t16-,17-,18+,19-,20-,21+,22+,23+,24+/m1/s1. The summed E-state index contributed by atoms with van der Waals surface area (Å²) in [4.78, 5) is 0. The molecule has 1 nitrogen and oxygen atoms in total. The van der Waals surface area contributed by atoms with Crippen LogP contribution in [0.25, 0.3) is 0 Å². The molecule has 1 N–H and O–H groups in total. The molecule has 0 aliphatic heterocycles. The van der Waals surface area contributed by atoms with Gasteiger partial charge >= 0.3 is 0 Å². The summed E-state index contributed by atoms with van der Waals surface area (Å²) in [5, 5.41) is 10.5. The van der Waals surface area contributed by atoms with Gasteiger partial charge in [0.15, 0.2) is 0 Å². The van der Waals surface area contributed by atoms with Gasteiger partial charge in [-0.2, -0.15) is 0 Å². The molecule has 4 rings (SSSR count). The van der Waals surface area contributed by atoms with E-state index < -0.39 is 0 Å². The summed E-state index contributed by atoms with van der Waals surface area (Å²) >= 11 is 0. The molecular weight excluding hydrogens is 304 g/mol. The van der Waals surface area contributed by atoms with Gasteiger partial charge in [-0.25, -0.2) is 0 Å². The van der Waals surface area contributed by atoms with E-state index in [0.717, 1.165) is 29.6 Å². The van der Waals surface area contributed by atoms with Crippen LogP contribution in [0.15, 0.2) is 12.2 Å². The lowest BCUT2D eigenvalue weighted by atomic mass is 9.43. The van der Waals surface area contributed by atoms with E-state index in [1.807, 2.05) is 6.92 Å². The van der Waals surface area contributed by atoms with Crippen molar-refractivity contribution in [2.45, 2.75) is 91.6 Å². The summed E-state index contributed by atoms with van der Waals surface area (Å²) in [7, 11) is 0. The average molecular weight is 345 g/mol. The second-order valence-corrected chi connectivity index (χ2v) is 10.8. The lowest BCUT2D eigenvalue weighted by molar-refractivity contribution is -0.118. The molecule has 0 unspecified atom stereocenters. The molecule has 0 bridgehead atoms. The Hall–Kier alpha value is -0.300. The van der Waals surface area contributed by atoms with Crippen molar-refractivity contribution in [2.24, 2.45) is 46.3 Å². The molecule has 0 amide bonds. The molecule has 4 aliphatic carbocycles. The Morgan fingerprint density at radius 3 is 2.48 bits per heavy atom. The van der Waals surface area contributed by atoms with Gasteiger partial charge in [0.25, 0.3) is 0 Å². The van der Waals surface area contributed by atoms with E-state index in [-0.39, 0.29) is 11.5 Å². The quantitative estimate of drug-likeness (QED) is 0.590. The lowest BCUT2D eigenvalue weighted by Gasteiger charge is -2.62. The highest BCUT2D eigenvalue weighted by Crippen LogP contribution is 2.69. The fourth-order valence-corrected chi connectivity index (χ4v) is 8.71. The van der Waals surface area contributed by atoms with Gasteiger partial charge < -0.3 is 5.11 Å². The first kappa shape index (κ1) is 18.1.